The summed E-state index contributed by atoms with van der Waals surface area (Å²) in [6.07, 6.45) is 8.60. The molecule has 6 heteroatoms. The zero-order valence-corrected chi connectivity index (χ0v) is 16.5. The van der Waals surface area contributed by atoms with Crippen LogP contribution in [0.5, 0.6) is 0 Å². The molecule has 0 atom stereocenters. The van der Waals surface area contributed by atoms with E-state index in [1.165, 1.54) is 6.07 Å². The molecule has 0 N–H and O–H groups in total. The van der Waals surface area contributed by atoms with Gasteiger partial charge in [-0.25, -0.2) is 9.37 Å². The highest BCUT2D eigenvalue weighted by Crippen LogP contribution is 2.18. The third kappa shape index (κ3) is 5.03. The molecule has 3 aromatic heterocycles. The Labute approximate surface area is 170 Å². The third-order valence-electron chi connectivity index (χ3n) is 4.93. The number of rotatable bonds is 9. The van der Waals surface area contributed by atoms with Gasteiger partial charge in [0.2, 0.25) is 0 Å². The van der Waals surface area contributed by atoms with E-state index >= 15 is 0 Å². The Hall–Kier alpha value is -3.12. The van der Waals surface area contributed by atoms with Gasteiger partial charge in [0.1, 0.15) is 17.3 Å². The van der Waals surface area contributed by atoms with Crippen LogP contribution in [-0.2, 0) is 19.6 Å². The van der Waals surface area contributed by atoms with Gasteiger partial charge in [-0.2, -0.15) is 0 Å². The van der Waals surface area contributed by atoms with E-state index in [2.05, 4.69) is 20.5 Å². The SMILES string of the molecule is Cc1ccc(CN(CCCn2ccnc2)Cc2cccn2-c2cccc(F)c2)o1. The van der Waals surface area contributed by atoms with E-state index in [9.17, 15) is 4.39 Å². The number of furan rings is 1. The van der Waals surface area contributed by atoms with E-state index in [-0.39, 0.29) is 5.82 Å². The number of benzene rings is 1. The lowest BCUT2D eigenvalue weighted by molar-refractivity contribution is 0.224. The van der Waals surface area contributed by atoms with E-state index in [1.807, 2.05) is 54.5 Å². The average molecular weight is 392 g/mol. The Balaban J connectivity index is 1.49. The van der Waals surface area contributed by atoms with Crippen molar-refractivity contribution in [3.05, 3.63) is 96.5 Å². The van der Waals surface area contributed by atoms with E-state index in [1.54, 1.807) is 18.3 Å². The summed E-state index contributed by atoms with van der Waals surface area (Å²) in [5, 5.41) is 0. The standard InChI is InChI=1S/C23H25FN4O/c1-19-8-9-23(29-19)17-27(12-4-11-26-14-10-25-18-26)16-22-7-3-13-28(22)21-6-2-5-20(24)15-21/h2-3,5-10,13-15,18H,4,11-12,16-17H2,1H3. The summed E-state index contributed by atoms with van der Waals surface area (Å²) in [6, 6.07) is 14.8. The maximum atomic E-state index is 13.7. The molecule has 150 valence electrons. The summed E-state index contributed by atoms with van der Waals surface area (Å²) in [6.45, 7) is 5.26. The van der Waals surface area contributed by atoms with Gasteiger partial charge in [0, 0.05) is 49.6 Å². The van der Waals surface area contributed by atoms with Crippen molar-refractivity contribution in [1.82, 2.24) is 19.0 Å². The first-order chi connectivity index (χ1) is 14.2. The van der Waals surface area contributed by atoms with Crippen LogP contribution in [-0.4, -0.2) is 25.6 Å². The van der Waals surface area contributed by atoms with E-state index in [4.69, 9.17) is 4.42 Å². The molecule has 0 bridgehead atoms. The largest absolute Gasteiger partial charge is 0.465 e. The normalized spacial score (nSPS) is 11.4. The Morgan fingerprint density at radius 1 is 1.07 bits per heavy atom. The molecule has 29 heavy (non-hydrogen) atoms. The number of halogens is 1. The number of hydrogen-bond acceptors (Lipinski definition) is 3. The zero-order chi connectivity index (χ0) is 20.1. The van der Waals surface area contributed by atoms with Crippen LogP contribution in [0.25, 0.3) is 5.69 Å². The summed E-state index contributed by atoms with van der Waals surface area (Å²) in [4.78, 5) is 6.47. The monoisotopic (exact) mass is 392 g/mol. The first kappa shape index (κ1) is 19.2. The van der Waals surface area contributed by atoms with Gasteiger partial charge in [0.15, 0.2) is 0 Å². The van der Waals surface area contributed by atoms with E-state index in [0.717, 1.165) is 55.5 Å². The van der Waals surface area contributed by atoms with Crippen LogP contribution >= 0.6 is 0 Å². The molecule has 3 heterocycles. The van der Waals surface area contributed by atoms with Crippen molar-refractivity contribution in [2.75, 3.05) is 6.54 Å². The van der Waals surface area contributed by atoms with Crippen LogP contribution in [0, 0.1) is 12.7 Å². The van der Waals surface area contributed by atoms with Crippen molar-refractivity contribution in [3.63, 3.8) is 0 Å². The van der Waals surface area contributed by atoms with Crippen LogP contribution < -0.4 is 0 Å². The van der Waals surface area contributed by atoms with Gasteiger partial charge in [-0.3, -0.25) is 4.90 Å². The molecule has 4 rings (SSSR count). The molecule has 0 amide bonds. The minimum absolute atomic E-state index is 0.231. The van der Waals surface area contributed by atoms with Crippen molar-refractivity contribution in [3.8, 4) is 5.69 Å². The van der Waals surface area contributed by atoms with Gasteiger partial charge in [0.25, 0.3) is 0 Å². The molecule has 4 aromatic rings. The smallest absolute Gasteiger partial charge is 0.125 e. The van der Waals surface area contributed by atoms with Crippen LogP contribution in [0.2, 0.25) is 0 Å². The lowest BCUT2D eigenvalue weighted by atomic mass is 10.2. The fourth-order valence-corrected chi connectivity index (χ4v) is 3.55. The summed E-state index contributed by atoms with van der Waals surface area (Å²) in [5.41, 5.74) is 1.94. The minimum Gasteiger partial charge on any atom is -0.465 e. The maximum Gasteiger partial charge on any atom is 0.125 e. The number of aryl methyl sites for hydroxylation is 2. The highest BCUT2D eigenvalue weighted by molar-refractivity contribution is 5.35. The molecule has 0 unspecified atom stereocenters. The first-order valence-electron chi connectivity index (χ1n) is 9.83. The first-order valence-corrected chi connectivity index (χ1v) is 9.83. The molecule has 0 fully saturated rings. The lowest BCUT2D eigenvalue weighted by Crippen LogP contribution is -2.25. The van der Waals surface area contributed by atoms with Gasteiger partial charge in [0.05, 0.1) is 12.9 Å². The number of nitrogens with zero attached hydrogens (tertiary/aromatic N) is 4. The number of aromatic nitrogens is 3. The second-order valence-corrected chi connectivity index (χ2v) is 7.23. The maximum absolute atomic E-state index is 13.7. The Morgan fingerprint density at radius 2 is 2.00 bits per heavy atom. The van der Waals surface area contributed by atoms with Gasteiger partial charge in [-0.15, -0.1) is 0 Å². The summed E-state index contributed by atoms with van der Waals surface area (Å²) in [7, 11) is 0. The second-order valence-electron chi connectivity index (χ2n) is 7.23. The quantitative estimate of drug-likeness (QED) is 0.410. The molecule has 0 aliphatic carbocycles. The van der Waals surface area contributed by atoms with Crippen molar-refractivity contribution < 1.29 is 8.81 Å². The molecule has 0 spiro atoms. The van der Waals surface area contributed by atoms with Gasteiger partial charge < -0.3 is 13.6 Å². The topological polar surface area (TPSA) is 39.1 Å². The molecule has 0 saturated carbocycles. The molecule has 0 aliphatic heterocycles. The molecule has 0 saturated heterocycles. The summed E-state index contributed by atoms with van der Waals surface area (Å²) >= 11 is 0. The molecule has 5 nitrogen and oxygen atoms in total. The molecule has 1 aromatic carbocycles. The van der Waals surface area contributed by atoms with Crippen LogP contribution in [0.15, 0.2) is 77.9 Å². The minimum atomic E-state index is -0.231. The van der Waals surface area contributed by atoms with Gasteiger partial charge >= 0.3 is 0 Å². The predicted molar refractivity (Wildman–Crippen MR) is 110 cm³/mol. The predicted octanol–water partition coefficient (Wildman–Crippen LogP) is 4.81. The van der Waals surface area contributed by atoms with Crippen molar-refractivity contribution in [1.29, 1.82) is 0 Å². The Bertz CT molecular complexity index is 1030. The third-order valence-corrected chi connectivity index (χ3v) is 4.93. The Morgan fingerprint density at radius 3 is 2.76 bits per heavy atom. The lowest BCUT2D eigenvalue weighted by Gasteiger charge is -2.22. The molecule has 0 aliphatic rings. The van der Waals surface area contributed by atoms with Crippen molar-refractivity contribution in [2.24, 2.45) is 0 Å². The summed E-state index contributed by atoms with van der Waals surface area (Å²) in [5.74, 6) is 1.64. The Kier molecular flexibility index (Phi) is 5.91. The highest BCUT2D eigenvalue weighted by atomic mass is 19.1. The fourth-order valence-electron chi connectivity index (χ4n) is 3.55. The van der Waals surface area contributed by atoms with Crippen molar-refractivity contribution >= 4 is 0 Å². The molecular weight excluding hydrogens is 367 g/mol. The zero-order valence-electron chi connectivity index (χ0n) is 16.5. The second kappa shape index (κ2) is 8.92. The van der Waals surface area contributed by atoms with E-state index in [0.29, 0.717) is 0 Å². The van der Waals surface area contributed by atoms with Gasteiger partial charge in [-0.05, 0) is 55.8 Å². The van der Waals surface area contributed by atoms with Gasteiger partial charge in [-0.1, -0.05) is 6.07 Å². The fraction of sp³-hybridized carbons (Fsp3) is 0.261. The van der Waals surface area contributed by atoms with Crippen LogP contribution in [0.3, 0.4) is 0 Å². The number of hydrogen-bond donors (Lipinski definition) is 0. The molecular formula is C23H25FN4O. The number of imidazole rings is 1. The summed E-state index contributed by atoms with van der Waals surface area (Å²) < 4.78 is 23.6. The van der Waals surface area contributed by atoms with Crippen LogP contribution in [0.4, 0.5) is 4.39 Å². The highest BCUT2D eigenvalue weighted by Gasteiger charge is 2.13. The van der Waals surface area contributed by atoms with Crippen molar-refractivity contribution in [2.45, 2.75) is 33.0 Å². The average Bonchev–Trinajstić information content (AvgIpc) is 3.45. The van der Waals surface area contributed by atoms with Crippen LogP contribution in [0.1, 0.15) is 23.6 Å². The molecule has 0 radical (unpaired) electrons. The van der Waals surface area contributed by atoms with E-state index < -0.39 is 0 Å².